The number of carbonyl (C=O) groups is 1. The lowest BCUT2D eigenvalue weighted by Crippen LogP contribution is -2.36. The number of allylic oxidation sites excluding steroid dienone is 3. The number of amides is 2. The molecule has 0 saturated heterocycles. The van der Waals surface area contributed by atoms with E-state index in [0.29, 0.717) is 41.7 Å². The van der Waals surface area contributed by atoms with Crippen molar-refractivity contribution < 1.29 is 18.7 Å². The van der Waals surface area contributed by atoms with Gasteiger partial charge in [-0.2, -0.15) is 0 Å². The summed E-state index contributed by atoms with van der Waals surface area (Å²) in [6.45, 7) is 20.2. The van der Waals surface area contributed by atoms with E-state index in [-0.39, 0.29) is 13.0 Å². The van der Waals surface area contributed by atoms with Crippen LogP contribution in [0.25, 0.3) is 5.70 Å². The van der Waals surface area contributed by atoms with E-state index in [0.717, 1.165) is 5.56 Å². The molecule has 0 saturated carbocycles. The number of rotatable bonds is 15. The van der Waals surface area contributed by atoms with Gasteiger partial charge in [0, 0.05) is 48.6 Å². The van der Waals surface area contributed by atoms with Gasteiger partial charge in [0.15, 0.2) is 0 Å². The van der Waals surface area contributed by atoms with Crippen LogP contribution in [-0.2, 0) is 4.74 Å². The van der Waals surface area contributed by atoms with Gasteiger partial charge in [-0.05, 0) is 58.4 Å². The van der Waals surface area contributed by atoms with Crippen LogP contribution < -0.4 is 20.7 Å². The van der Waals surface area contributed by atoms with Crippen LogP contribution in [0.15, 0.2) is 66.0 Å². The number of halogens is 1. The van der Waals surface area contributed by atoms with Crippen molar-refractivity contribution in [3.8, 4) is 5.75 Å². The topological polar surface area (TPSA) is 84.0 Å². The molecule has 0 unspecified atom stereocenters. The zero-order chi connectivity index (χ0) is 29.0. The molecule has 0 heterocycles. The Morgan fingerprint density at radius 3 is 2.34 bits per heavy atom. The lowest BCUT2D eigenvalue weighted by Gasteiger charge is -2.15. The standard InChI is InChI=1S/C26H37FN4O3.C4H10/c1-8-21(31-25(32)29-15-14-26(5,6)27)11-10-19(3)30-20(4)23-13-12-22(34-17-16-33-7)18-24(23)28-9-2;1-3-4-2/h8-13,18,30H,3-4,14-17H2,1-2,5-7H3,(H2,29,31,32);3-4H2,1-2H3/b11-10-,21-8+,28-9?;. The predicted molar refractivity (Wildman–Crippen MR) is 159 cm³/mol. The molecule has 3 N–H and O–H groups in total. The van der Waals surface area contributed by atoms with E-state index in [4.69, 9.17) is 9.47 Å². The summed E-state index contributed by atoms with van der Waals surface area (Å²) in [5.41, 5.74) is 1.92. The fourth-order valence-corrected chi connectivity index (χ4v) is 2.70. The first-order valence-corrected chi connectivity index (χ1v) is 13.0. The molecular formula is C30H47FN4O3. The Labute approximate surface area is 229 Å². The van der Waals surface area contributed by atoms with E-state index >= 15 is 0 Å². The summed E-state index contributed by atoms with van der Waals surface area (Å²) >= 11 is 0. The number of alkyl halides is 1. The van der Waals surface area contributed by atoms with Crippen LogP contribution >= 0.6 is 0 Å². The summed E-state index contributed by atoms with van der Waals surface area (Å²) in [6, 6.07) is 5.15. The predicted octanol–water partition coefficient (Wildman–Crippen LogP) is 7.21. The summed E-state index contributed by atoms with van der Waals surface area (Å²) in [7, 11) is 1.62. The Morgan fingerprint density at radius 2 is 1.79 bits per heavy atom. The van der Waals surface area contributed by atoms with Crippen LogP contribution in [0.5, 0.6) is 5.75 Å². The van der Waals surface area contributed by atoms with Crippen LogP contribution in [0.4, 0.5) is 14.9 Å². The zero-order valence-electron chi connectivity index (χ0n) is 24.2. The van der Waals surface area contributed by atoms with Crippen molar-refractivity contribution >= 4 is 23.6 Å². The third-order valence-electron chi connectivity index (χ3n) is 4.97. The van der Waals surface area contributed by atoms with Crippen LogP contribution in [-0.4, -0.2) is 44.8 Å². The normalized spacial score (nSPS) is 11.6. The van der Waals surface area contributed by atoms with Gasteiger partial charge in [0.05, 0.1) is 12.3 Å². The number of aliphatic imine (C=N–C) groups is 1. The molecule has 38 heavy (non-hydrogen) atoms. The van der Waals surface area contributed by atoms with Gasteiger partial charge in [0.1, 0.15) is 18.0 Å². The zero-order valence-corrected chi connectivity index (χ0v) is 24.2. The second-order valence-corrected chi connectivity index (χ2v) is 8.96. The summed E-state index contributed by atoms with van der Waals surface area (Å²) < 4.78 is 24.2. The molecule has 0 bridgehead atoms. The third kappa shape index (κ3) is 16.4. The Bertz CT molecular complexity index is 961. The van der Waals surface area contributed by atoms with Gasteiger partial charge in [-0.25, -0.2) is 9.18 Å². The smallest absolute Gasteiger partial charge is 0.319 e. The molecule has 7 nitrogen and oxygen atoms in total. The second-order valence-electron chi connectivity index (χ2n) is 8.96. The average molecular weight is 531 g/mol. The number of nitrogens with zero attached hydrogens (tertiary/aromatic N) is 1. The summed E-state index contributed by atoms with van der Waals surface area (Å²) in [5, 5.41) is 8.49. The highest BCUT2D eigenvalue weighted by molar-refractivity contribution is 5.77. The fraction of sp³-hybridized carbons (Fsp3) is 0.467. The van der Waals surface area contributed by atoms with Crippen LogP contribution in [0.1, 0.15) is 66.4 Å². The Balaban J connectivity index is 0.00000318. The molecule has 1 rings (SSSR count). The SMILES string of the molecule is C=C(/C=C\C(=C/C)NC(=O)NCCC(C)(C)F)NC(=C)c1ccc(OCCOC)cc1N=CC.CCCC. The molecule has 0 spiro atoms. The highest BCUT2D eigenvalue weighted by Gasteiger charge is 2.15. The molecule has 0 fully saturated rings. The van der Waals surface area contributed by atoms with Crippen molar-refractivity contribution in [2.45, 2.75) is 66.5 Å². The van der Waals surface area contributed by atoms with Gasteiger partial charge in [-0.15, -0.1) is 0 Å². The van der Waals surface area contributed by atoms with Gasteiger partial charge in [0.25, 0.3) is 0 Å². The summed E-state index contributed by atoms with van der Waals surface area (Å²) in [5.74, 6) is 0.685. The first-order valence-electron chi connectivity index (χ1n) is 13.0. The summed E-state index contributed by atoms with van der Waals surface area (Å²) in [4.78, 5) is 16.4. The van der Waals surface area contributed by atoms with Gasteiger partial charge < -0.3 is 25.4 Å². The maximum atomic E-state index is 13.5. The largest absolute Gasteiger partial charge is 0.491 e. The molecule has 0 aliphatic heterocycles. The number of urea groups is 1. The minimum Gasteiger partial charge on any atom is -0.491 e. The highest BCUT2D eigenvalue weighted by Crippen LogP contribution is 2.29. The van der Waals surface area contributed by atoms with Crippen molar-refractivity contribution in [2.24, 2.45) is 4.99 Å². The van der Waals surface area contributed by atoms with E-state index in [1.807, 2.05) is 25.1 Å². The van der Waals surface area contributed by atoms with Crippen molar-refractivity contribution in [1.82, 2.24) is 16.0 Å². The molecule has 0 aliphatic rings. The Hall–Kier alpha value is -3.39. The van der Waals surface area contributed by atoms with Gasteiger partial charge in [-0.1, -0.05) is 45.9 Å². The third-order valence-corrected chi connectivity index (χ3v) is 4.97. The number of nitrogens with one attached hydrogen (secondary N) is 3. The average Bonchev–Trinajstić information content (AvgIpc) is 2.86. The van der Waals surface area contributed by atoms with E-state index in [9.17, 15) is 9.18 Å². The van der Waals surface area contributed by atoms with Gasteiger partial charge in [-0.3, -0.25) is 4.99 Å². The molecular weight excluding hydrogens is 483 g/mol. The Kier molecular flexibility index (Phi) is 17.9. The Morgan fingerprint density at radius 1 is 1.11 bits per heavy atom. The number of hydrogen-bond acceptors (Lipinski definition) is 5. The molecule has 8 heteroatoms. The molecule has 1 aromatic rings. The molecule has 0 aromatic heterocycles. The fourth-order valence-electron chi connectivity index (χ4n) is 2.70. The maximum Gasteiger partial charge on any atom is 0.319 e. The number of carbonyl (C=O) groups excluding carboxylic acids is 1. The van der Waals surface area contributed by atoms with E-state index in [1.165, 1.54) is 26.7 Å². The second kappa shape index (κ2) is 19.7. The van der Waals surface area contributed by atoms with Gasteiger partial charge >= 0.3 is 6.03 Å². The number of unbranched alkanes of at least 4 members (excludes halogenated alkanes) is 1. The maximum absolute atomic E-state index is 13.5. The molecule has 0 aliphatic carbocycles. The number of hydrogen-bond donors (Lipinski definition) is 3. The minimum atomic E-state index is -1.33. The van der Waals surface area contributed by atoms with Crippen LogP contribution in [0.3, 0.4) is 0 Å². The van der Waals surface area contributed by atoms with Crippen molar-refractivity contribution in [1.29, 1.82) is 0 Å². The van der Waals surface area contributed by atoms with E-state index in [2.05, 4.69) is 47.9 Å². The summed E-state index contributed by atoms with van der Waals surface area (Å²) in [6.07, 6.45) is 9.74. The van der Waals surface area contributed by atoms with E-state index in [1.54, 1.807) is 38.5 Å². The minimum absolute atomic E-state index is 0.231. The monoisotopic (exact) mass is 530 g/mol. The number of methoxy groups -OCH3 is 1. The highest BCUT2D eigenvalue weighted by atomic mass is 19.1. The van der Waals surface area contributed by atoms with Crippen LogP contribution in [0, 0.1) is 0 Å². The van der Waals surface area contributed by atoms with Crippen molar-refractivity contribution in [3.63, 3.8) is 0 Å². The molecule has 1 aromatic carbocycles. The molecule has 212 valence electrons. The van der Waals surface area contributed by atoms with Crippen molar-refractivity contribution in [2.75, 3.05) is 26.9 Å². The van der Waals surface area contributed by atoms with Crippen molar-refractivity contribution in [3.05, 3.63) is 66.5 Å². The first kappa shape index (κ1) is 34.6. The molecule has 2 amide bonds. The lowest BCUT2D eigenvalue weighted by atomic mass is 10.1. The van der Waals surface area contributed by atoms with Gasteiger partial charge in [0.2, 0.25) is 0 Å². The van der Waals surface area contributed by atoms with Crippen LogP contribution in [0.2, 0.25) is 0 Å². The van der Waals surface area contributed by atoms with E-state index < -0.39 is 11.7 Å². The molecule has 0 atom stereocenters. The molecule has 0 radical (unpaired) electrons. The number of ether oxygens (including phenoxy) is 2. The first-order chi connectivity index (χ1) is 18.0. The number of benzene rings is 1. The quantitative estimate of drug-likeness (QED) is 0.127. The lowest BCUT2D eigenvalue weighted by molar-refractivity contribution is 0.146.